The zero-order valence-electron chi connectivity index (χ0n) is 12.7. The van der Waals surface area contributed by atoms with Crippen molar-refractivity contribution in [3.63, 3.8) is 0 Å². The topological polar surface area (TPSA) is 75.9 Å². The highest BCUT2D eigenvalue weighted by molar-refractivity contribution is 5.57. The summed E-state index contributed by atoms with van der Waals surface area (Å²) in [6.07, 6.45) is 2.38. The maximum absolute atomic E-state index is 5.08. The lowest BCUT2D eigenvalue weighted by molar-refractivity contribution is 0.391. The van der Waals surface area contributed by atoms with Crippen LogP contribution < -0.4 is 10.6 Å². The lowest BCUT2D eigenvalue weighted by Crippen LogP contribution is -2.11. The van der Waals surface area contributed by atoms with Crippen molar-refractivity contribution in [2.24, 2.45) is 0 Å². The van der Waals surface area contributed by atoms with E-state index in [0.717, 1.165) is 41.0 Å². The summed E-state index contributed by atoms with van der Waals surface area (Å²) in [5.74, 6) is 4.09. The molecule has 0 bridgehead atoms. The Hall–Kier alpha value is -2.11. The van der Waals surface area contributed by atoms with Gasteiger partial charge >= 0.3 is 0 Å². The highest BCUT2D eigenvalue weighted by Crippen LogP contribution is 2.39. The normalized spacial score (nSPS) is 14.2. The first-order chi connectivity index (χ1) is 10.2. The molecule has 0 radical (unpaired) electrons. The van der Waals surface area contributed by atoms with E-state index < -0.39 is 0 Å². The summed E-state index contributed by atoms with van der Waals surface area (Å²) in [5.41, 5.74) is 1.92. The molecule has 6 heteroatoms. The second kappa shape index (κ2) is 5.71. The van der Waals surface area contributed by atoms with Crippen LogP contribution in [-0.4, -0.2) is 21.7 Å². The first kappa shape index (κ1) is 13.9. The maximum atomic E-state index is 5.08. The third kappa shape index (κ3) is 3.15. The molecule has 6 nitrogen and oxygen atoms in total. The van der Waals surface area contributed by atoms with Gasteiger partial charge in [-0.15, -0.1) is 0 Å². The molecule has 112 valence electrons. The molecule has 1 aliphatic carbocycles. The maximum Gasteiger partial charge on any atom is 0.136 e. The van der Waals surface area contributed by atoms with Crippen LogP contribution in [-0.2, 0) is 6.54 Å². The largest absolute Gasteiger partial charge is 0.370 e. The molecule has 2 heterocycles. The van der Waals surface area contributed by atoms with Crippen LogP contribution in [0.5, 0.6) is 0 Å². The Kier molecular flexibility index (Phi) is 3.77. The third-order valence-electron chi connectivity index (χ3n) is 3.56. The average Bonchev–Trinajstić information content (AvgIpc) is 3.23. The van der Waals surface area contributed by atoms with Crippen molar-refractivity contribution in [3.8, 4) is 0 Å². The third-order valence-corrected chi connectivity index (χ3v) is 3.56. The zero-order chi connectivity index (χ0) is 14.8. The smallest absolute Gasteiger partial charge is 0.136 e. The summed E-state index contributed by atoms with van der Waals surface area (Å²) in [5, 5.41) is 10.7. The van der Waals surface area contributed by atoms with E-state index in [1.54, 1.807) is 0 Å². The molecule has 2 N–H and O–H groups in total. The summed E-state index contributed by atoms with van der Waals surface area (Å²) < 4.78 is 5.08. The molecular formula is C15H21N5O. The Bertz CT molecular complexity index is 633. The molecule has 2 aromatic rings. The highest BCUT2D eigenvalue weighted by atomic mass is 16.5. The van der Waals surface area contributed by atoms with E-state index in [9.17, 15) is 0 Å². The number of aromatic nitrogens is 3. The second-order valence-corrected chi connectivity index (χ2v) is 5.49. The Morgan fingerprint density at radius 1 is 1.19 bits per heavy atom. The number of hydrogen-bond acceptors (Lipinski definition) is 6. The van der Waals surface area contributed by atoms with E-state index in [-0.39, 0.29) is 0 Å². The molecule has 0 amide bonds. The molecule has 0 unspecified atom stereocenters. The van der Waals surface area contributed by atoms with Gasteiger partial charge in [0, 0.05) is 24.1 Å². The summed E-state index contributed by atoms with van der Waals surface area (Å²) in [7, 11) is 0. The van der Waals surface area contributed by atoms with Gasteiger partial charge in [-0.2, -0.15) is 0 Å². The standard InChI is InChI=1S/C15H21N5O/c1-4-16-13-10(3)14(19-15(18-13)11-5-6-11)17-8-12-7-9(2)21-20-12/h7,11H,4-6,8H2,1-3H3,(H2,16,17,18,19). The number of nitrogens with one attached hydrogen (secondary N) is 2. The SMILES string of the molecule is CCNc1nc(C2CC2)nc(NCc2cc(C)on2)c1C. The van der Waals surface area contributed by atoms with Gasteiger partial charge in [0.25, 0.3) is 0 Å². The Balaban J connectivity index is 1.81. The predicted octanol–water partition coefficient (Wildman–Crippen LogP) is 3.00. The molecule has 2 aromatic heterocycles. The van der Waals surface area contributed by atoms with Crippen LogP contribution in [0.2, 0.25) is 0 Å². The van der Waals surface area contributed by atoms with Crippen molar-refractivity contribution < 1.29 is 4.52 Å². The van der Waals surface area contributed by atoms with Gasteiger partial charge in [-0.05, 0) is 33.6 Å². The van der Waals surface area contributed by atoms with Crippen LogP contribution in [0.1, 0.15) is 48.5 Å². The minimum Gasteiger partial charge on any atom is -0.370 e. The Morgan fingerprint density at radius 3 is 2.48 bits per heavy atom. The average molecular weight is 287 g/mol. The van der Waals surface area contributed by atoms with Crippen molar-refractivity contribution in [1.82, 2.24) is 15.1 Å². The van der Waals surface area contributed by atoms with Gasteiger partial charge in [-0.25, -0.2) is 9.97 Å². The van der Waals surface area contributed by atoms with Crippen LogP contribution in [0.4, 0.5) is 11.6 Å². The summed E-state index contributed by atoms with van der Waals surface area (Å²) >= 11 is 0. The van der Waals surface area contributed by atoms with Gasteiger partial charge in [0.05, 0.1) is 6.54 Å². The molecule has 0 atom stereocenters. The van der Waals surface area contributed by atoms with Crippen molar-refractivity contribution in [2.75, 3.05) is 17.2 Å². The van der Waals surface area contributed by atoms with Crippen molar-refractivity contribution in [3.05, 3.63) is 28.9 Å². The molecule has 1 aliphatic rings. The monoisotopic (exact) mass is 287 g/mol. The van der Waals surface area contributed by atoms with Crippen molar-refractivity contribution in [1.29, 1.82) is 0 Å². The number of hydrogen-bond donors (Lipinski definition) is 2. The van der Waals surface area contributed by atoms with E-state index in [1.807, 2.05) is 19.9 Å². The Labute approximate surface area is 124 Å². The van der Waals surface area contributed by atoms with E-state index in [1.165, 1.54) is 12.8 Å². The molecule has 0 saturated heterocycles. The summed E-state index contributed by atoms with van der Waals surface area (Å²) in [4.78, 5) is 9.33. The van der Waals surface area contributed by atoms with E-state index in [4.69, 9.17) is 4.52 Å². The van der Waals surface area contributed by atoms with Crippen molar-refractivity contribution >= 4 is 11.6 Å². The summed E-state index contributed by atoms with van der Waals surface area (Å²) in [6.45, 7) is 7.45. The fourth-order valence-electron chi connectivity index (χ4n) is 2.25. The molecular weight excluding hydrogens is 266 g/mol. The molecule has 3 rings (SSSR count). The van der Waals surface area contributed by atoms with Crippen LogP contribution in [0.3, 0.4) is 0 Å². The molecule has 1 saturated carbocycles. The second-order valence-electron chi connectivity index (χ2n) is 5.49. The van der Waals surface area contributed by atoms with Crippen molar-refractivity contribution in [2.45, 2.75) is 46.1 Å². The first-order valence-electron chi connectivity index (χ1n) is 7.46. The van der Waals surface area contributed by atoms with Gasteiger partial charge < -0.3 is 15.2 Å². The highest BCUT2D eigenvalue weighted by Gasteiger charge is 2.28. The molecule has 1 fully saturated rings. The molecule has 21 heavy (non-hydrogen) atoms. The fraction of sp³-hybridized carbons (Fsp3) is 0.533. The lowest BCUT2D eigenvalue weighted by atomic mass is 10.2. The van der Waals surface area contributed by atoms with E-state index in [0.29, 0.717) is 12.5 Å². The number of nitrogens with zero attached hydrogens (tertiary/aromatic N) is 3. The van der Waals surface area contributed by atoms with E-state index in [2.05, 4.69) is 32.7 Å². The van der Waals surface area contributed by atoms with Crippen LogP contribution in [0, 0.1) is 13.8 Å². The van der Waals surface area contributed by atoms with Crippen LogP contribution >= 0.6 is 0 Å². The lowest BCUT2D eigenvalue weighted by Gasteiger charge is -2.14. The Morgan fingerprint density at radius 2 is 1.90 bits per heavy atom. The minimum atomic E-state index is 0.526. The van der Waals surface area contributed by atoms with E-state index >= 15 is 0 Å². The predicted molar refractivity (Wildman–Crippen MR) is 81.5 cm³/mol. The zero-order valence-corrected chi connectivity index (χ0v) is 12.7. The van der Waals surface area contributed by atoms with Gasteiger partial charge in [0.1, 0.15) is 28.9 Å². The van der Waals surface area contributed by atoms with Crippen LogP contribution in [0.15, 0.2) is 10.6 Å². The summed E-state index contributed by atoms with van der Waals surface area (Å²) in [6, 6.07) is 1.93. The van der Waals surface area contributed by atoms with Gasteiger partial charge in [0.2, 0.25) is 0 Å². The first-order valence-corrected chi connectivity index (χ1v) is 7.46. The quantitative estimate of drug-likeness (QED) is 0.850. The molecule has 0 spiro atoms. The molecule has 0 aromatic carbocycles. The van der Waals surface area contributed by atoms with Crippen LogP contribution in [0.25, 0.3) is 0 Å². The number of anilines is 2. The number of aryl methyl sites for hydroxylation is 1. The minimum absolute atomic E-state index is 0.526. The van der Waals surface area contributed by atoms with Gasteiger partial charge in [-0.1, -0.05) is 5.16 Å². The van der Waals surface area contributed by atoms with Gasteiger partial charge in [0.15, 0.2) is 0 Å². The molecule has 0 aliphatic heterocycles. The van der Waals surface area contributed by atoms with Gasteiger partial charge in [-0.3, -0.25) is 0 Å². The number of rotatable bonds is 6. The fourth-order valence-corrected chi connectivity index (χ4v) is 2.25.